The van der Waals surface area contributed by atoms with Gasteiger partial charge in [0.25, 0.3) is 0 Å². The van der Waals surface area contributed by atoms with E-state index in [0.29, 0.717) is 5.41 Å². The zero-order valence-electron chi connectivity index (χ0n) is 8.76. The van der Waals surface area contributed by atoms with Crippen molar-refractivity contribution in [3.05, 3.63) is 21.9 Å². The van der Waals surface area contributed by atoms with E-state index in [-0.39, 0.29) is 0 Å². The number of hydrogen-bond donors (Lipinski definition) is 0. The van der Waals surface area contributed by atoms with Crippen molar-refractivity contribution in [2.45, 2.75) is 46.0 Å². The molecule has 1 aliphatic carbocycles. The molecule has 1 heteroatoms. The summed E-state index contributed by atoms with van der Waals surface area (Å²) in [6.45, 7) is 7.10. The third kappa shape index (κ3) is 1.67. The summed E-state index contributed by atoms with van der Waals surface area (Å²) in [6.07, 6.45) is 4.09. The van der Waals surface area contributed by atoms with E-state index in [9.17, 15) is 0 Å². The van der Waals surface area contributed by atoms with Crippen LogP contribution in [-0.2, 0) is 6.42 Å². The van der Waals surface area contributed by atoms with Crippen LogP contribution in [0.25, 0.3) is 0 Å². The van der Waals surface area contributed by atoms with E-state index in [0.717, 1.165) is 5.92 Å². The van der Waals surface area contributed by atoms with Crippen LogP contribution in [0.1, 0.15) is 50.0 Å². The van der Waals surface area contributed by atoms with Crippen molar-refractivity contribution < 1.29 is 0 Å². The molecule has 1 unspecified atom stereocenters. The van der Waals surface area contributed by atoms with Gasteiger partial charge in [0.2, 0.25) is 0 Å². The van der Waals surface area contributed by atoms with Gasteiger partial charge in [-0.25, -0.2) is 0 Å². The second-order valence-corrected chi connectivity index (χ2v) is 6.11. The largest absolute Gasteiger partial charge is 0.149 e. The highest BCUT2D eigenvalue weighted by Gasteiger charge is 2.30. The maximum atomic E-state index is 2.37. The smallest absolute Gasteiger partial charge is 0.00802 e. The van der Waals surface area contributed by atoms with Gasteiger partial charge in [0.1, 0.15) is 0 Å². The van der Waals surface area contributed by atoms with Crippen LogP contribution in [0.15, 0.2) is 11.4 Å². The summed E-state index contributed by atoms with van der Waals surface area (Å²) in [4.78, 5) is 1.64. The van der Waals surface area contributed by atoms with E-state index < -0.39 is 0 Å². The third-order valence-electron chi connectivity index (χ3n) is 3.10. The van der Waals surface area contributed by atoms with Gasteiger partial charge in [-0.15, -0.1) is 11.3 Å². The Morgan fingerprint density at radius 3 is 2.85 bits per heavy atom. The van der Waals surface area contributed by atoms with E-state index in [1.807, 2.05) is 11.3 Å². The Bertz CT molecular complexity index is 290. The van der Waals surface area contributed by atoms with Crippen LogP contribution in [0.3, 0.4) is 0 Å². The van der Waals surface area contributed by atoms with Gasteiger partial charge >= 0.3 is 0 Å². The molecule has 2 rings (SSSR count). The molecule has 0 spiro atoms. The molecule has 1 heterocycles. The Hall–Kier alpha value is -0.300. The summed E-state index contributed by atoms with van der Waals surface area (Å²) < 4.78 is 0. The Morgan fingerprint density at radius 2 is 2.15 bits per heavy atom. The molecule has 0 fully saturated rings. The topological polar surface area (TPSA) is 0 Å². The fraction of sp³-hybridized carbons (Fsp3) is 0.667. The van der Waals surface area contributed by atoms with Crippen LogP contribution >= 0.6 is 11.3 Å². The maximum Gasteiger partial charge on any atom is 0.00802 e. The van der Waals surface area contributed by atoms with Crippen molar-refractivity contribution in [3.8, 4) is 0 Å². The predicted molar refractivity (Wildman–Crippen MR) is 59.5 cm³/mol. The van der Waals surface area contributed by atoms with Gasteiger partial charge in [0.15, 0.2) is 0 Å². The summed E-state index contributed by atoms with van der Waals surface area (Å²) in [6, 6.07) is 2.34. The Kier molecular flexibility index (Phi) is 2.23. The van der Waals surface area contributed by atoms with Gasteiger partial charge in [0.05, 0.1) is 0 Å². The van der Waals surface area contributed by atoms with E-state index in [2.05, 4.69) is 32.2 Å². The lowest BCUT2D eigenvalue weighted by Gasteiger charge is -2.34. The van der Waals surface area contributed by atoms with Crippen molar-refractivity contribution >= 4 is 11.3 Å². The molecule has 0 saturated carbocycles. The highest BCUT2D eigenvalue weighted by atomic mass is 32.1. The van der Waals surface area contributed by atoms with Crippen LogP contribution in [-0.4, -0.2) is 0 Å². The molecule has 1 atom stereocenters. The quantitative estimate of drug-likeness (QED) is 0.580. The molecule has 1 aromatic rings. The summed E-state index contributed by atoms with van der Waals surface area (Å²) in [5, 5.41) is 2.26. The maximum absolute atomic E-state index is 2.37. The van der Waals surface area contributed by atoms with E-state index in [4.69, 9.17) is 0 Å². The molecule has 0 aliphatic heterocycles. The monoisotopic (exact) mass is 194 g/mol. The summed E-state index contributed by atoms with van der Waals surface area (Å²) in [7, 11) is 0. The van der Waals surface area contributed by atoms with Crippen LogP contribution in [0.4, 0.5) is 0 Å². The van der Waals surface area contributed by atoms with Crippen LogP contribution in [0.5, 0.6) is 0 Å². The molecule has 0 nitrogen and oxygen atoms in total. The first-order chi connectivity index (χ1) is 6.09. The molecule has 0 radical (unpaired) electrons. The van der Waals surface area contributed by atoms with Crippen LogP contribution in [0.2, 0.25) is 0 Å². The highest BCUT2D eigenvalue weighted by molar-refractivity contribution is 7.10. The lowest BCUT2D eigenvalue weighted by Crippen LogP contribution is -2.21. The van der Waals surface area contributed by atoms with Crippen molar-refractivity contribution in [1.82, 2.24) is 0 Å². The molecule has 0 bridgehead atoms. The van der Waals surface area contributed by atoms with Gasteiger partial charge in [0, 0.05) is 4.88 Å². The molecule has 0 N–H and O–H groups in total. The molecular formula is C12H18S. The number of fused-ring (bicyclic) bond motifs is 1. The molecule has 0 amide bonds. The van der Waals surface area contributed by atoms with Crippen molar-refractivity contribution in [2.75, 3.05) is 0 Å². The molecule has 0 saturated heterocycles. The Morgan fingerprint density at radius 1 is 1.38 bits per heavy atom. The molecule has 1 aliphatic rings. The van der Waals surface area contributed by atoms with E-state index >= 15 is 0 Å². The minimum atomic E-state index is 0.441. The lowest BCUT2D eigenvalue weighted by atomic mass is 9.71. The average Bonchev–Trinajstić information content (AvgIpc) is 2.48. The fourth-order valence-electron chi connectivity index (χ4n) is 2.39. The standard InChI is InChI=1S/C12H18S/c1-12(2,3)10-5-4-6-11-9(10)7-8-13-11/h7-8,10H,4-6H2,1-3H3. The summed E-state index contributed by atoms with van der Waals surface area (Å²) in [5.41, 5.74) is 2.08. The minimum Gasteiger partial charge on any atom is -0.149 e. The third-order valence-corrected chi connectivity index (χ3v) is 4.09. The average molecular weight is 194 g/mol. The second-order valence-electron chi connectivity index (χ2n) is 5.11. The summed E-state index contributed by atoms with van der Waals surface area (Å²) in [5.74, 6) is 0.794. The molecular weight excluding hydrogens is 176 g/mol. The highest BCUT2D eigenvalue weighted by Crippen LogP contribution is 2.44. The predicted octanol–water partition coefficient (Wildman–Crippen LogP) is 4.21. The van der Waals surface area contributed by atoms with Gasteiger partial charge in [-0.2, -0.15) is 0 Å². The molecule has 13 heavy (non-hydrogen) atoms. The van der Waals surface area contributed by atoms with Gasteiger partial charge < -0.3 is 0 Å². The first kappa shape index (κ1) is 9.26. The molecule has 1 aromatic heterocycles. The first-order valence-electron chi connectivity index (χ1n) is 5.15. The second kappa shape index (κ2) is 3.13. The minimum absolute atomic E-state index is 0.441. The Labute approximate surface area is 85.0 Å². The number of aryl methyl sites for hydroxylation is 1. The lowest BCUT2D eigenvalue weighted by molar-refractivity contribution is 0.291. The van der Waals surface area contributed by atoms with Crippen molar-refractivity contribution in [3.63, 3.8) is 0 Å². The van der Waals surface area contributed by atoms with Gasteiger partial charge in [-0.1, -0.05) is 20.8 Å². The normalized spacial score (nSPS) is 22.8. The van der Waals surface area contributed by atoms with Crippen LogP contribution in [0, 0.1) is 5.41 Å². The molecule has 72 valence electrons. The molecule has 0 aromatic carbocycles. The van der Waals surface area contributed by atoms with Gasteiger partial charge in [-0.05, 0) is 47.6 Å². The van der Waals surface area contributed by atoms with Gasteiger partial charge in [-0.3, -0.25) is 0 Å². The SMILES string of the molecule is CC(C)(C)C1CCCc2sccc21. The fourth-order valence-corrected chi connectivity index (χ4v) is 3.37. The van der Waals surface area contributed by atoms with Crippen molar-refractivity contribution in [2.24, 2.45) is 5.41 Å². The summed E-state index contributed by atoms with van der Waals surface area (Å²) >= 11 is 1.95. The van der Waals surface area contributed by atoms with Crippen molar-refractivity contribution in [1.29, 1.82) is 0 Å². The van der Waals surface area contributed by atoms with E-state index in [1.54, 1.807) is 10.4 Å². The first-order valence-corrected chi connectivity index (χ1v) is 6.03. The number of hydrogen-bond acceptors (Lipinski definition) is 1. The van der Waals surface area contributed by atoms with E-state index in [1.165, 1.54) is 19.3 Å². The van der Waals surface area contributed by atoms with Crippen LogP contribution < -0.4 is 0 Å². The zero-order chi connectivity index (χ0) is 9.47. The number of rotatable bonds is 0. The zero-order valence-corrected chi connectivity index (χ0v) is 9.58. The number of thiophene rings is 1. The Balaban J connectivity index is 2.35.